The molecule has 2 aromatic rings. The summed E-state index contributed by atoms with van der Waals surface area (Å²) < 4.78 is 56.7. The van der Waals surface area contributed by atoms with Crippen molar-refractivity contribution in [2.24, 2.45) is 0 Å². The fourth-order valence-corrected chi connectivity index (χ4v) is 2.18. The molecule has 0 aliphatic heterocycles. The lowest BCUT2D eigenvalue weighted by atomic mass is 10.1. The predicted octanol–water partition coefficient (Wildman–Crippen LogP) is 5.59. The van der Waals surface area contributed by atoms with Crippen molar-refractivity contribution in [2.75, 3.05) is 5.88 Å². The molecular weight excluding hydrogens is 320 g/mol. The Morgan fingerprint density at radius 1 is 1.05 bits per heavy atom. The summed E-state index contributed by atoms with van der Waals surface area (Å²) in [6.07, 6.45) is -4.58. The van der Waals surface area contributed by atoms with E-state index in [-0.39, 0.29) is 11.6 Å². The first-order valence-corrected chi connectivity index (χ1v) is 7.09. The molecule has 22 heavy (non-hydrogen) atoms. The molecule has 0 heterocycles. The number of benzene rings is 2. The van der Waals surface area contributed by atoms with Gasteiger partial charge in [0.25, 0.3) is 0 Å². The van der Waals surface area contributed by atoms with Crippen LogP contribution < -0.4 is 4.74 Å². The monoisotopic (exact) mass is 332 g/mol. The smallest absolute Gasteiger partial charge is 0.416 e. The highest BCUT2D eigenvalue weighted by molar-refractivity contribution is 6.17. The molecule has 6 heteroatoms. The van der Waals surface area contributed by atoms with Gasteiger partial charge < -0.3 is 4.74 Å². The maximum Gasteiger partial charge on any atom is 0.416 e. The first-order valence-electron chi connectivity index (χ1n) is 6.55. The van der Waals surface area contributed by atoms with E-state index in [1.54, 1.807) is 0 Å². The summed E-state index contributed by atoms with van der Waals surface area (Å²) in [4.78, 5) is 0. The Morgan fingerprint density at radius 3 is 2.32 bits per heavy atom. The second kappa shape index (κ2) is 7.01. The highest BCUT2D eigenvalue weighted by Gasteiger charge is 2.30. The van der Waals surface area contributed by atoms with Crippen LogP contribution in [0, 0.1) is 5.82 Å². The SMILES string of the molecule is Fc1ccc(C(CCCl)Oc2cccc(C(F)(F)F)c2)cc1. The van der Waals surface area contributed by atoms with Crippen molar-refractivity contribution in [3.05, 3.63) is 65.5 Å². The zero-order valence-corrected chi connectivity index (χ0v) is 12.2. The Bertz CT molecular complexity index is 610. The van der Waals surface area contributed by atoms with E-state index in [1.807, 2.05) is 0 Å². The van der Waals surface area contributed by atoms with E-state index in [0.717, 1.165) is 12.1 Å². The molecule has 0 aliphatic rings. The summed E-state index contributed by atoms with van der Waals surface area (Å²) in [5, 5.41) is 0. The number of rotatable bonds is 5. The van der Waals surface area contributed by atoms with E-state index >= 15 is 0 Å². The van der Waals surface area contributed by atoms with Gasteiger partial charge in [-0.25, -0.2) is 4.39 Å². The summed E-state index contributed by atoms with van der Waals surface area (Å²) in [5.41, 5.74) is -0.131. The van der Waals surface area contributed by atoms with Gasteiger partial charge in [-0.2, -0.15) is 13.2 Å². The first-order chi connectivity index (χ1) is 10.4. The molecule has 0 saturated carbocycles. The highest BCUT2D eigenvalue weighted by atomic mass is 35.5. The maximum atomic E-state index is 13.0. The van der Waals surface area contributed by atoms with E-state index in [0.29, 0.717) is 12.0 Å². The Kier molecular flexibility index (Phi) is 5.29. The van der Waals surface area contributed by atoms with Gasteiger partial charge in [0.1, 0.15) is 17.7 Å². The fourth-order valence-electron chi connectivity index (χ4n) is 1.98. The summed E-state index contributed by atoms with van der Waals surface area (Å²) in [7, 11) is 0. The molecule has 0 fully saturated rings. The van der Waals surface area contributed by atoms with Crippen LogP contribution in [0.3, 0.4) is 0 Å². The molecule has 2 rings (SSSR count). The van der Waals surface area contributed by atoms with Crippen LogP contribution in [0.2, 0.25) is 0 Å². The fraction of sp³-hybridized carbons (Fsp3) is 0.250. The van der Waals surface area contributed by atoms with Gasteiger partial charge in [-0.1, -0.05) is 18.2 Å². The standard InChI is InChI=1S/C16H13ClF4O/c17-9-8-15(11-4-6-13(18)7-5-11)22-14-3-1-2-12(10-14)16(19,20)21/h1-7,10,15H,8-9H2. The van der Waals surface area contributed by atoms with Gasteiger partial charge in [-0.15, -0.1) is 11.6 Å². The van der Waals surface area contributed by atoms with Gasteiger partial charge in [0, 0.05) is 12.3 Å². The molecule has 1 atom stereocenters. The maximum absolute atomic E-state index is 13.0. The number of halogens is 5. The minimum absolute atomic E-state index is 0.0919. The largest absolute Gasteiger partial charge is 0.486 e. The van der Waals surface area contributed by atoms with Crippen LogP contribution in [-0.4, -0.2) is 5.88 Å². The summed E-state index contributed by atoms with van der Waals surface area (Å²) in [6.45, 7) is 0. The van der Waals surface area contributed by atoms with Crippen LogP contribution in [0.4, 0.5) is 17.6 Å². The van der Waals surface area contributed by atoms with Crippen LogP contribution >= 0.6 is 11.6 Å². The first kappa shape index (κ1) is 16.6. The third kappa shape index (κ3) is 4.37. The van der Waals surface area contributed by atoms with Gasteiger partial charge in [0.05, 0.1) is 5.56 Å². The van der Waals surface area contributed by atoms with E-state index in [1.165, 1.54) is 36.4 Å². The zero-order chi connectivity index (χ0) is 16.2. The molecule has 0 saturated heterocycles. The predicted molar refractivity (Wildman–Crippen MR) is 76.6 cm³/mol. The minimum atomic E-state index is -4.43. The second-order valence-electron chi connectivity index (χ2n) is 4.66. The van der Waals surface area contributed by atoms with Crippen LogP contribution in [0.5, 0.6) is 5.75 Å². The lowest BCUT2D eigenvalue weighted by Crippen LogP contribution is -2.10. The normalized spacial score (nSPS) is 13.0. The second-order valence-corrected chi connectivity index (χ2v) is 5.04. The molecule has 0 N–H and O–H groups in total. The van der Waals surface area contributed by atoms with E-state index in [2.05, 4.69) is 0 Å². The van der Waals surface area contributed by atoms with Crippen molar-refractivity contribution in [2.45, 2.75) is 18.7 Å². The van der Waals surface area contributed by atoms with Gasteiger partial charge in [0.2, 0.25) is 0 Å². The number of hydrogen-bond donors (Lipinski definition) is 0. The van der Waals surface area contributed by atoms with Crippen molar-refractivity contribution >= 4 is 11.6 Å². The Hall–Kier alpha value is -1.75. The molecular formula is C16H13ClF4O. The number of ether oxygens (including phenoxy) is 1. The van der Waals surface area contributed by atoms with Gasteiger partial charge in [-0.3, -0.25) is 0 Å². The molecule has 0 bridgehead atoms. The van der Waals surface area contributed by atoms with Crippen LogP contribution in [-0.2, 0) is 6.18 Å². The summed E-state index contributed by atoms with van der Waals surface area (Å²) in [6, 6.07) is 10.2. The molecule has 1 unspecified atom stereocenters. The topological polar surface area (TPSA) is 9.23 Å². The molecule has 118 valence electrons. The molecule has 0 aromatic heterocycles. The average Bonchev–Trinajstić information content (AvgIpc) is 2.47. The van der Waals surface area contributed by atoms with Crippen molar-refractivity contribution < 1.29 is 22.3 Å². The Balaban J connectivity index is 2.23. The molecule has 0 aliphatic carbocycles. The van der Waals surface area contributed by atoms with Crippen molar-refractivity contribution in [3.63, 3.8) is 0 Å². The van der Waals surface area contributed by atoms with Crippen LogP contribution in [0.1, 0.15) is 23.7 Å². The van der Waals surface area contributed by atoms with Crippen LogP contribution in [0.25, 0.3) is 0 Å². The summed E-state index contributed by atoms with van der Waals surface area (Å²) >= 11 is 5.71. The lowest BCUT2D eigenvalue weighted by Gasteiger charge is -2.19. The molecule has 0 spiro atoms. The Labute approximate surface area is 130 Å². The van der Waals surface area contributed by atoms with Crippen molar-refractivity contribution in [1.29, 1.82) is 0 Å². The van der Waals surface area contributed by atoms with Gasteiger partial charge >= 0.3 is 6.18 Å². The van der Waals surface area contributed by atoms with Crippen molar-refractivity contribution in [3.8, 4) is 5.75 Å². The van der Waals surface area contributed by atoms with Crippen LogP contribution in [0.15, 0.2) is 48.5 Å². The third-order valence-electron chi connectivity index (χ3n) is 3.05. The number of hydrogen-bond acceptors (Lipinski definition) is 1. The molecule has 1 nitrogen and oxygen atoms in total. The van der Waals surface area contributed by atoms with E-state index in [9.17, 15) is 17.6 Å². The third-order valence-corrected chi connectivity index (χ3v) is 3.27. The molecule has 0 radical (unpaired) electrons. The average molecular weight is 333 g/mol. The van der Waals surface area contributed by atoms with Gasteiger partial charge in [-0.05, 0) is 35.9 Å². The number of alkyl halides is 4. The minimum Gasteiger partial charge on any atom is -0.486 e. The van der Waals surface area contributed by atoms with Crippen molar-refractivity contribution in [1.82, 2.24) is 0 Å². The summed E-state index contributed by atoms with van der Waals surface area (Å²) in [5.74, 6) is -0.0391. The van der Waals surface area contributed by atoms with E-state index < -0.39 is 23.7 Å². The quantitative estimate of drug-likeness (QED) is 0.512. The zero-order valence-electron chi connectivity index (χ0n) is 11.4. The van der Waals surface area contributed by atoms with E-state index in [4.69, 9.17) is 16.3 Å². The lowest BCUT2D eigenvalue weighted by molar-refractivity contribution is -0.137. The molecule has 2 aromatic carbocycles. The van der Waals surface area contributed by atoms with Gasteiger partial charge in [0.15, 0.2) is 0 Å². The molecule has 0 amide bonds. The highest BCUT2D eigenvalue weighted by Crippen LogP contribution is 2.33. The Morgan fingerprint density at radius 2 is 1.73 bits per heavy atom.